The number of carbonyl (C=O) groups excluding carboxylic acids is 1. The lowest BCUT2D eigenvalue weighted by molar-refractivity contribution is 0.0995. The van der Waals surface area contributed by atoms with E-state index in [1.54, 1.807) is 18.2 Å². The molecule has 0 aliphatic rings. The number of thiazole rings is 1. The van der Waals surface area contributed by atoms with Crippen LogP contribution in [0.1, 0.15) is 22.2 Å². The Kier molecular flexibility index (Phi) is 5.59. The minimum atomic E-state index is -0.368. The fourth-order valence-corrected chi connectivity index (χ4v) is 4.08. The zero-order valence-corrected chi connectivity index (χ0v) is 16.4. The van der Waals surface area contributed by atoms with Gasteiger partial charge in [0.1, 0.15) is 5.75 Å². The van der Waals surface area contributed by atoms with Gasteiger partial charge in [-0.05, 0) is 37.6 Å². The standard InChI is InChI=1S/C20H19ClN2O2S/c1-4-23-18(14-8-6-5-7-9-14)13(2)26-20(23)22-19(24)16-12-15(21)10-11-17(16)25-3/h5-12H,4H2,1-3H3. The molecule has 1 aromatic heterocycles. The highest BCUT2D eigenvalue weighted by Gasteiger charge is 2.15. The lowest BCUT2D eigenvalue weighted by Gasteiger charge is -2.08. The third-order valence-corrected chi connectivity index (χ3v) is 5.26. The van der Waals surface area contributed by atoms with Crippen LogP contribution in [0.25, 0.3) is 11.3 Å². The molecule has 0 radical (unpaired) electrons. The summed E-state index contributed by atoms with van der Waals surface area (Å²) in [4.78, 5) is 18.9. The molecular formula is C20H19ClN2O2S. The van der Waals surface area contributed by atoms with Crippen molar-refractivity contribution in [2.45, 2.75) is 20.4 Å². The monoisotopic (exact) mass is 386 g/mol. The smallest absolute Gasteiger partial charge is 0.283 e. The number of carbonyl (C=O) groups is 1. The van der Waals surface area contributed by atoms with E-state index in [0.29, 0.717) is 27.7 Å². The van der Waals surface area contributed by atoms with Crippen molar-refractivity contribution in [3.8, 4) is 17.0 Å². The zero-order chi connectivity index (χ0) is 18.7. The molecule has 0 saturated heterocycles. The maximum atomic E-state index is 12.8. The van der Waals surface area contributed by atoms with Gasteiger partial charge >= 0.3 is 0 Å². The molecule has 4 nitrogen and oxygen atoms in total. The third-order valence-electron chi connectivity index (χ3n) is 4.03. The van der Waals surface area contributed by atoms with E-state index in [2.05, 4.69) is 21.7 Å². The van der Waals surface area contributed by atoms with Crippen LogP contribution >= 0.6 is 22.9 Å². The van der Waals surface area contributed by atoms with E-state index >= 15 is 0 Å². The number of ether oxygens (including phenoxy) is 1. The fraction of sp³-hybridized carbons (Fsp3) is 0.200. The first kappa shape index (κ1) is 18.4. The van der Waals surface area contributed by atoms with Gasteiger partial charge in [-0.1, -0.05) is 41.9 Å². The summed E-state index contributed by atoms with van der Waals surface area (Å²) in [6, 6.07) is 15.1. The lowest BCUT2D eigenvalue weighted by Crippen LogP contribution is -2.17. The molecule has 0 saturated carbocycles. The van der Waals surface area contributed by atoms with Crippen LogP contribution in [0.4, 0.5) is 0 Å². The second-order valence-electron chi connectivity index (χ2n) is 5.66. The number of halogens is 1. The van der Waals surface area contributed by atoms with Gasteiger partial charge < -0.3 is 9.30 Å². The van der Waals surface area contributed by atoms with Gasteiger partial charge in [0.2, 0.25) is 0 Å². The highest BCUT2D eigenvalue weighted by atomic mass is 35.5. The molecule has 0 unspecified atom stereocenters. The van der Waals surface area contributed by atoms with E-state index in [9.17, 15) is 4.79 Å². The van der Waals surface area contributed by atoms with Gasteiger partial charge in [-0.25, -0.2) is 0 Å². The molecule has 134 valence electrons. The van der Waals surface area contributed by atoms with Crippen LogP contribution in [0, 0.1) is 6.92 Å². The molecule has 26 heavy (non-hydrogen) atoms. The number of hydrogen-bond acceptors (Lipinski definition) is 3. The molecular weight excluding hydrogens is 368 g/mol. The number of amides is 1. The largest absolute Gasteiger partial charge is 0.496 e. The Labute approximate surface area is 161 Å². The summed E-state index contributed by atoms with van der Waals surface area (Å²) in [5, 5.41) is 0.472. The van der Waals surface area contributed by atoms with Crippen LogP contribution in [0.2, 0.25) is 5.02 Å². The Balaban J connectivity index is 2.13. The molecule has 2 aromatic carbocycles. The summed E-state index contributed by atoms with van der Waals surface area (Å²) in [5.41, 5.74) is 2.55. The van der Waals surface area contributed by atoms with Gasteiger partial charge in [0, 0.05) is 16.4 Å². The van der Waals surface area contributed by atoms with Crippen molar-refractivity contribution in [2.75, 3.05) is 7.11 Å². The second kappa shape index (κ2) is 7.89. The van der Waals surface area contributed by atoms with E-state index in [1.807, 2.05) is 32.0 Å². The van der Waals surface area contributed by atoms with Crippen molar-refractivity contribution in [1.29, 1.82) is 0 Å². The van der Waals surface area contributed by atoms with E-state index < -0.39 is 0 Å². The average Bonchev–Trinajstić information content (AvgIpc) is 2.97. The van der Waals surface area contributed by atoms with Crippen molar-refractivity contribution >= 4 is 28.8 Å². The van der Waals surface area contributed by atoms with Gasteiger partial charge in [0.15, 0.2) is 4.80 Å². The van der Waals surface area contributed by atoms with Gasteiger partial charge in [-0.3, -0.25) is 4.79 Å². The van der Waals surface area contributed by atoms with Crippen molar-refractivity contribution < 1.29 is 9.53 Å². The predicted molar refractivity (Wildman–Crippen MR) is 106 cm³/mol. The molecule has 1 amide bonds. The van der Waals surface area contributed by atoms with Gasteiger partial charge in [0.05, 0.1) is 18.4 Å². The van der Waals surface area contributed by atoms with Crippen LogP contribution in [0.3, 0.4) is 0 Å². The van der Waals surface area contributed by atoms with E-state index in [0.717, 1.165) is 16.1 Å². The zero-order valence-electron chi connectivity index (χ0n) is 14.8. The Hall–Kier alpha value is -2.37. The SMILES string of the molecule is CCn1c(-c2ccccc2)c(C)sc1=NC(=O)c1cc(Cl)ccc1OC. The van der Waals surface area contributed by atoms with Crippen LogP contribution in [-0.2, 0) is 6.54 Å². The molecule has 0 N–H and O–H groups in total. The fourth-order valence-electron chi connectivity index (χ4n) is 2.85. The quantitative estimate of drug-likeness (QED) is 0.636. The molecule has 1 heterocycles. The van der Waals surface area contributed by atoms with Gasteiger partial charge in [0.25, 0.3) is 5.91 Å². The van der Waals surface area contributed by atoms with E-state index in [4.69, 9.17) is 16.3 Å². The molecule has 3 rings (SSSR count). The van der Waals surface area contributed by atoms with Crippen molar-refractivity contribution in [2.24, 2.45) is 4.99 Å². The first-order chi connectivity index (χ1) is 12.5. The number of benzene rings is 2. The maximum absolute atomic E-state index is 12.8. The number of hydrogen-bond donors (Lipinski definition) is 0. The molecule has 0 fully saturated rings. The molecule has 6 heteroatoms. The molecule has 0 bridgehead atoms. The van der Waals surface area contributed by atoms with Crippen LogP contribution in [0.15, 0.2) is 53.5 Å². The highest BCUT2D eigenvalue weighted by Crippen LogP contribution is 2.26. The first-order valence-electron chi connectivity index (χ1n) is 8.23. The number of methoxy groups -OCH3 is 1. The summed E-state index contributed by atoms with van der Waals surface area (Å²) in [6.45, 7) is 4.80. The Morgan fingerprint density at radius 3 is 2.62 bits per heavy atom. The molecule has 0 spiro atoms. The number of rotatable bonds is 4. The first-order valence-corrected chi connectivity index (χ1v) is 9.42. The average molecular weight is 387 g/mol. The third kappa shape index (κ3) is 3.59. The van der Waals surface area contributed by atoms with Crippen molar-refractivity contribution in [3.05, 3.63) is 68.8 Å². The topological polar surface area (TPSA) is 43.6 Å². The predicted octanol–water partition coefficient (Wildman–Crippen LogP) is 4.95. The second-order valence-corrected chi connectivity index (χ2v) is 7.28. The number of aryl methyl sites for hydroxylation is 1. The summed E-state index contributed by atoms with van der Waals surface area (Å²) in [7, 11) is 1.52. The summed E-state index contributed by atoms with van der Waals surface area (Å²) in [6.07, 6.45) is 0. The molecule has 0 aliphatic heterocycles. The molecule has 3 aromatic rings. The minimum absolute atomic E-state index is 0.356. The summed E-state index contributed by atoms with van der Waals surface area (Å²) < 4.78 is 7.33. The summed E-state index contributed by atoms with van der Waals surface area (Å²) in [5.74, 6) is 0.0928. The minimum Gasteiger partial charge on any atom is -0.496 e. The van der Waals surface area contributed by atoms with E-state index in [1.165, 1.54) is 18.4 Å². The van der Waals surface area contributed by atoms with Crippen molar-refractivity contribution in [3.63, 3.8) is 0 Å². The van der Waals surface area contributed by atoms with Gasteiger partial charge in [-0.2, -0.15) is 4.99 Å². The van der Waals surface area contributed by atoms with Gasteiger partial charge in [-0.15, -0.1) is 11.3 Å². The summed E-state index contributed by atoms with van der Waals surface area (Å²) >= 11 is 7.54. The Morgan fingerprint density at radius 2 is 1.96 bits per heavy atom. The van der Waals surface area contributed by atoms with Crippen LogP contribution in [0.5, 0.6) is 5.75 Å². The Morgan fingerprint density at radius 1 is 1.23 bits per heavy atom. The van der Waals surface area contributed by atoms with Crippen molar-refractivity contribution in [1.82, 2.24) is 4.57 Å². The molecule has 0 atom stereocenters. The lowest BCUT2D eigenvalue weighted by atomic mass is 10.1. The van der Waals surface area contributed by atoms with Crippen LogP contribution in [-0.4, -0.2) is 17.6 Å². The highest BCUT2D eigenvalue weighted by molar-refractivity contribution is 7.09. The van der Waals surface area contributed by atoms with E-state index in [-0.39, 0.29) is 5.91 Å². The Bertz CT molecular complexity index is 1010. The van der Waals surface area contributed by atoms with Crippen LogP contribution < -0.4 is 9.54 Å². The maximum Gasteiger partial charge on any atom is 0.283 e. The number of nitrogens with zero attached hydrogens (tertiary/aromatic N) is 2. The molecule has 0 aliphatic carbocycles. The normalized spacial score (nSPS) is 11.6. The number of aromatic nitrogens is 1.